The quantitative estimate of drug-likeness (QED) is 0.863. The van der Waals surface area contributed by atoms with Crippen molar-refractivity contribution >= 4 is 15.7 Å². The van der Waals surface area contributed by atoms with Crippen molar-refractivity contribution in [2.75, 3.05) is 13.3 Å². The molecule has 0 aromatic heterocycles. The summed E-state index contributed by atoms with van der Waals surface area (Å²) in [6.07, 6.45) is 1.07. The lowest BCUT2D eigenvalue weighted by atomic mass is 10.1. The van der Waals surface area contributed by atoms with Gasteiger partial charge in [0.05, 0.1) is 16.5 Å². The number of nitrogens with zero attached hydrogens (tertiary/aromatic N) is 1. The van der Waals surface area contributed by atoms with Crippen LogP contribution in [-0.4, -0.2) is 32.5 Å². The minimum absolute atomic E-state index is 0.00292. The fourth-order valence-electron chi connectivity index (χ4n) is 2.30. The lowest BCUT2D eigenvalue weighted by molar-refractivity contribution is 0.0738. The predicted octanol–water partition coefficient (Wildman–Crippen LogP) is 3.06. The van der Waals surface area contributed by atoms with Crippen molar-refractivity contribution in [1.29, 1.82) is 0 Å². The molecule has 1 atom stereocenters. The van der Waals surface area contributed by atoms with E-state index in [-0.39, 0.29) is 22.3 Å². The predicted molar refractivity (Wildman–Crippen MR) is 86.5 cm³/mol. The third-order valence-corrected chi connectivity index (χ3v) is 4.93. The third kappa shape index (κ3) is 3.76. The molecule has 2 aromatic carbocycles. The highest BCUT2D eigenvalue weighted by atomic mass is 32.2. The van der Waals surface area contributed by atoms with Gasteiger partial charge in [0, 0.05) is 13.3 Å². The van der Waals surface area contributed by atoms with Crippen LogP contribution >= 0.6 is 0 Å². The maximum absolute atomic E-state index is 13.0. The van der Waals surface area contributed by atoms with Crippen molar-refractivity contribution in [1.82, 2.24) is 4.90 Å². The van der Waals surface area contributed by atoms with E-state index < -0.39 is 15.7 Å². The van der Waals surface area contributed by atoms with Crippen LogP contribution in [0.15, 0.2) is 53.4 Å². The summed E-state index contributed by atoms with van der Waals surface area (Å²) in [7, 11) is -1.91. The molecule has 23 heavy (non-hydrogen) atoms. The molecule has 1 amide bonds. The van der Waals surface area contributed by atoms with E-state index in [9.17, 15) is 17.6 Å². The molecule has 0 saturated carbocycles. The van der Waals surface area contributed by atoms with E-state index >= 15 is 0 Å². The summed E-state index contributed by atoms with van der Waals surface area (Å²) in [6, 6.07) is 11.7. The van der Waals surface area contributed by atoms with Crippen LogP contribution in [-0.2, 0) is 9.84 Å². The zero-order valence-corrected chi connectivity index (χ0v) is 14.0. The first-order valence-corrected chi connectivity index (χ1v) is 8.92. The van der Waals surface area contributed by atoms with E-state index in [1.54, 1.807) is 38.2 Å². The molecule has 1 unspecified atom stereocenters. The van der Waals surface area contributed by atoms with Crippen molar-refractivity contribution in [3.05, 3.63) is 65.5 Å². The van der Waals surface area contributed by atoms with Crippen LogP contribution in [0.1, 0.15) is 28.9 Å². The van der Waals surface area contributed by atoms with Gasteiger partial charge in [-0.15, -0.1) is 0 Å². The number of benzene rings is 2. The van der Waals surface area contributed by atoms with Gasteiger partial charge >= 0.3 is 0 Å². The summed E-state index contributed by atoms with van der Waals surface area (Å²) in [5.41, 5.74) is 0.894. The Morgan fingerprint density at radius 2 is 1.65 bits per heavy atom. The molecule has 2 aromatic rings. The van der Waals surface area contributed by atoms with Crippen LogP contribution in [0.4, 0.5) is 4.39 Å². The number of carbonyl (C=O) groups is 1. The van der Waals surface area contributed by atoms with Crippen molar-refractivity contribution in [2.24, 2.45) is 0 Å². The maximum Gasteiger partial charge on any atom is 0.255 e. The molecule has 0 saturated heterocycles. The Morgan fingerprint density at radius 1 is 1.09 bits per heavy atom. The van der Waals surface area contributed by atoms with Gasteiger partial charge in [0.15, 0.2) is 9.84 Å². The third-order valence-electron chi connectivity index (χ3n) is 3.77. The Morgan fingerprint density at radius 3 is 2.22 bits per heavy atom. The number of sulfone groups is 1. The van der Waals surface area contributed by atoms with Crippen LogP contribution in [0, 0.1) is 5.82 Å². The van der Waals surface area contributed by atoms with Crippen molar-refractivity contribution in [2.45, 2.75) is 17.9 Å². The van der Waals surface area contributed by atoms with E-state index in [1.165, 1.54) is 29.2 Å². The summed E-state index contributed by atoms with van der Waals surface area (Å²) < 4.78 is 36.7. The molecule has 6 heteroatoms. The molecule has 0 spiro atoms. The Bertz CT molecular complexity index is 816. The molecule has 122 valence electrons. The van der Waals surface area contributed by atoms with Crippen molar-refractivity contribution in [3.63, 3.8) is 0 Å². The second kappa shape index (κ2) is 6.50. The molecule has 0 N–H and O–H groups in total. The SMILES string of the molecule is CC(c1ccc(F)cc1)N(C)C(=O)c1ccccc1S(C)(=O)=O. The number of hydrogen-bond donors (Lipinski definition) is 0. The number of halogens is 1. The number of hydrogen-bond acceptors (Lipinski definition) is 3. The Hall–Kier alpha value is -2.21. The van der Waals surface area contributed by atoms with Crippen molar-refractivity contribution < 1.29 is 17.6 Å². The highest BCUT2D eigenvalue weighted by Crippen LogP contribution is 2.23. The van der Waals surface area contributed by atoms with Gasteiger partial charge in [-0.1, -0.05) is 24.3 Å². The summed E-state index contributed by atoms with van der Waals surface area (Å²) >= 11 is 0. The van der Waals surface area contributed by atoms with Gasteiger partial charge in [0.25, 0.3) is 5.91 Å². The highest BCUT2D eigenvalue weighted by molar-refractivity contribution is 7.90. The second-order valence-corrected chi connectivity index (χ2v) is 7.40. The van der Waals surface area contributed by atoms with Gasteiger partial charge in [-0.2, -0.15) is 0 Å². The van der Waals surface area contributed by atoms with Crippen LogP contribution in [0.25, 0.3) is 0 Å². The smallest absolute Gasteiger partial charge is 0.255 e. The van der Waals surface area contributed by atoms with Gasteiger partial charge in [-0.05, 0) is 36.8 Å². The fraction of sp³-hybridized carbons (Fsp3) is 0.235. The monoisotopic (exact) mass is 335 g/mol. The molecule has 0 aliphatic carbocycles. The minimum Gasteiger partial charge on any atom is -0.335 e. The van der Waals surface area contributed by atoms with Crippen LogP contribution in [0.3, 0.4) is 0 Å². The molecule has 0 radical (unpaired) electrons. The normalized spacial score (nSPS) is 12.7. The molecule has 4 nitrogen and oxygen atoms in total. The van der Waals surface area contributed by atoms with Gasteiger partial charge < -0.3 is 4.90 Å². The topological polar surface area (TPSA) is 54.5 Å². The van der Waals surface area contributed by atoms with Gasteiger partial charge in [-0.3, -0.25) is 4.79 Å². The summed E-state index contributed by atoms with van der Waals surface area (Å²) in [5, 5.41) is 0. The molecule has 0 bridgehead atoms. The van der Waals surface area contributed by atoms with E-state index in [0.29, 0.717) is 0 Å². The second-order valence-electron chi connectivity index (χ2n) is 5.41. The van der Waals surface area contributed by atoms with E-state index in [4.69, 9.17) is 0 Å². The van der Waals surface area contributed by atoms with E-state index in [2.05, 4.69) is 0 Å². The van der Waals surface area contributed by atoms with Gasteiger partial charge in [0.1, 0.15) is 5.82 Å². The first kappa shape index (κ1) is 17.1. The number of rotatable bonds is 4. The lowest BCUT2D eigenvalue weighted by Crippen LogP contribution is -2.30. The van der Waals surface area contributed by atoms with Crippen LogP contribution in [0.5, 0.6) is 0 Å². The first-order chi connectivity index (χ1) is 10.7. The molecular formula is C17H18FNO3S. The zero-order valence-electron chi connectivity index (χ0n) is 13.2. The molecule has 0 aliphatic rings. The lowest BCUT2D eigenvalue weighted by Gasteiger charge is -2.26. The Kier molecular flexibility index (Phi) is 4.85. The van der Waals surface area contributed by atoms with Crippen molar-refractivity contribution in [3.8, 4) is 0 Å². The van der Waals surface area contributed by atoms with E-state index in [1.807, 2.05) is 0 Å². The number of amides is 1. The van der Waals surface area contributed by atoms with Gasteiger partial charge in [-0.25, -0.2) is 12.8 Å². The number of carbonyl (C=O) groups excluding carboxylic acids is 1. The highest BCUT2D eigenvalue weighted by Gasteiger charge is 2.24. The molecule has 0 heterocycles. The first-order valence-electron chi connectivity index (χ1n) is 7.03. The van der Waals surface area contributed by atoms with E-state index in [0.717, 1.165) is 11.8 Å². The Balaban J connectivity index is 2.35. The summed E-state index contributed by atoms with van der Waals surface area (Å²) in [5.74, 6) is -0.750. The summed E-state index contributed by atoms with van der Waals surface area (Å²) in [4.78, 5) is 14.1. The molecule has 0 aliphatic heterocycles. The average molecular weight is 335 g/mol. The maximum atomic E-state index is 13.0. The standard InChI is InChI=1S/C17H18FNO3S/c1-12(13-8-10-14(18)11-9-13)19(2)17(20)15-6-4-5-7-16(15)23(3,21)22/h4-12H,1-3H3. The fourth-order valence-corrected chi connectivity index (χ4v) is 3.18. The summed E-state index contributed by atoms with van der Waals surface area (Å²) in [6.45, 7) is 1.80. The van der Waals surface area contributed by atoms with Crippen LogP contribution in [0.2, 0.25) is 0 Å². The molecular weight excluding hydrogens is 317 g/mol. The largest absolute Gasteiger partial charge is 0.335 e. The minimum atomic E-state index is -3.51. The zero-order chi connectivity index (χ0) is 17.2. The average Bonchev–Trinajstić information content (AvgIpc) is 2.52. The molecule has 2 rings (SSSR count). The Labute approximate surface area is 135 Å². The molecule has 0 fully saturated rings. The van der Waals surface area contributed by atoms with Gasteiger partial charge in [0.2, 0.25) is 0 Å². The van der Waals surface area contributed by atoms with Crippen LogP contribution < -0.4 is 0 Å².